The van der Waals surface area contributed by atoms with E-state index in [-0.39, 0.29) is 11.8 Å². The molecule has 1 aliphatic rings. The molecule has 0 radical (unpaired) electrons. The molecular weight excluding hydrogens is 440 g/mol. The highest BCUT2D eigenvalue weighted by Gasteiger charge is 2.31. The number of carbonyl (C=O) groups is 2. The molecule has 3 aromatic rings. The number of allylic oxidation sites excluding steroid dienone is 1. The van der Waals surface area contributed by atoms with E-state index < -0.39 is 5.97 Å². The highest BCUT2D eigenvalue weighted by Crippen LogP contribution is 2.36. The summed E-state index contributed by atoms with van der Waals surface area (Å²) in [5.41, 5.74) is 5.67. The number of likely N-dealkylation sites (tertiary alicyclic amines) is 1. The first-order valence-electron chi connectivity index (χ1n) is 12.4. The van der Waals surface area contributed by atoms with E-state index in [9.17, 15) is 9.59 Å². The SMILES string of the molecule is CCC=C(c1ccc(C(=O)OC)cc1OC)c1c[nH]c2ccc(CC3CCN(CCC)C3=O)cc12. The second kappa shape index (κ2) is 10.8. The zero-order chi connectivity index (χ0) is 24.9. The molecule has 2 aromatic carbocycles. The number of carbonyl (C=O) groups excluding carboxylic acids is 2. The summed E-state index contributed by atoms with van der Waals surface area (Å²) in [7, 11) is 2.98. The molecule has 1 unspecified atom stereocenters. The number of esters is 1. The van der Waals surface area contributed by atoms with Crippen LogP contribution < -0.4 is 4.74 Å². The van der Waals surface area contributed by atoms with E-state index >= 15 is 0 Å². The van der Waals surface area contributed by atoms with Crippen molar-refractivity contribution in [3.8, 4) is 5.75 Å². The maximum atomic E-state index is 12.8. The normalized spacial score (nSPS) is 16.2. The zero-order valence-corrected chi connectivity index (χ0v) is 21.0. The predicted octanol–water partition coefficient (Wildman–Crippen LogP) is 5.61. The van der Waals surface area contributed by atoms with Gasteiger partial charge in [-0.25, -0.2) is 4.79 Å². The summed E-state index contributed by atoms with van der Waals surface area (Å²) in [6.07, 6.45) is 7.70. The third-order valence-electron chi connectivity index (χ3n) is 6.74. The summed E-state index contributed by atoms with van der Waals surface area (Å²) >= 11 is 0. The summed E-state index contributed by atoms with van der Waals surface area (Å²) in [4.78, 5) is 30.2. The van der Waals surface area contributed by atoms with Crippen molar-refractivity contribution in [1.29, 1.82) is 0 Å². The number of fused-ring (bicyclic) bond motifs is 1. The highest BCUT2D eigenvalue weighted by molar-refractivity contribution is 5.99. The first-order valence-corrected chi connectivity index (χ1v) is 12.4. The van der Waals surface area contributed by atoms with E-state index in [0.29, 0.717) is 11.3 Å². The maximum Gasteiger partial charge on any atom is 0.337 e. The van der Waals surface area contributed by atoms with Gasteiger partial charge in [-0.3, -0.25) is 4.79 Å². The largest absolute Gasteiger partial charge is 0.496 e. The van der Waals surface area contributed by atoms with Crippen LogP contribution in [-0.4, -0.2) is 49.1 Å². The van der Waals surface area contributed by atoms with Gasteiger partial charge in [-0.1, -0.05) is 26.0 Å². The monoisotopic (exact) mass is 474 g/mol. The molecule has 1 saturated heterocycles. The summed E-state index contributed by atoms with van der Waals surface area (Å²) in [6, 6.07) is 11.8. The average Bonchev–Trinajstić information content (AvgIpc) is 3.45. The molecule has 184 valence electrons. The van der Waals surface area contributed by atoms with Crippen LogP contribution in [-0.2, 0) is 16.0 Å². The van der Waals surface area contributed by atoms with Crippen LogP contribution in [0, 0.1) is 5.92 Å². The van der Waals surface area contributed by atoms with Crippen molar-refractivity contribution >= 4 is 28.4 Å². The molecule has 0 bridgehead atoms. The number of hydrogen-bond donors (Lipinski definition) is 1. The average molecular weight is 475 g/mol. The number of benzene rings is 2. The Kier molecular flexibility index (Phi) is 7.59. The lowest BCUT2D eigenvalue weighted by Crippen LogP contribution is -2.28. The Morgan fingerprint density at radius 1 is 1.14 bits per heavy atom. The fraction of sp³-hybridized carbons (Fsp3) is 0.379. The molecule has 1 atom stereocenters. The van der Waals surface area contributed by atoms with Crippen LogP contribution in [0.5, 0.6) is 5.75 Å². The Bertz CT molecular complexity index is 1260. The lowest BCUT2D eigenvalue weighted by Gasteiger charge is -2.16. The fourth-order valence-corrected chi connectivity index (χ4v) is 5.01. The molecular formula is C29H34N2O4. The summed E-state index contributed by atoms with van der Waals surface area (Å²) in [5.74, 6) is 0.554. The van der Waals surface area contributed by atoms with Gasteiger partial charge in [0.2, 0.25) is 5.91 Å². The van der Waals surface area contributed by atoms with Gasteiger partial charge in [-0.2, -0.15) is 0 Å². The number of amides is 1. The molecule has 0 aliphatic carbocycles. The van der Waals surface area contributed by atoms with Crippen molar-refractivity contribution in [2.75, 3.05) is 27.3 Å². The minimum Gasteiger partial charge on any atom is -0.496 e. The summed E-state index contributed by atoms with van der Waals surface area (Å²) in [6.45, 7) is 5.92. The van der Waals surface area contributed by atoms with Crippen LogP contribution in [0.25, 0.3) is 16.5 Å². The molecule has 35 heavy (non-hydrogen) atoms. The van der Waals surface area contributed by atoms with Gasteiger partial charge in [0.1, 0.15) is 5.75 Å². The van der Waals surface area contributed by atoms with Gasteiger partial charge in [0.05, 0.1) is 19.8 Å². The minimum absolute atomic E-state index is 0.0537. The zero-order valence-electron chi connectivity index (χ0n) is 21.0. The topological polar surface area (TPSA) is 71.6 Å². The van der Waals surface area contributed by atoms with E-state index in [0.717, 1.165) is 66.4 Å². The van der Waals surface area contributed by atoms with Crippen LogP contribution >= 0.6 is 0 Å². The number of nitrogens with one attached hydrogen (secondary N) is 1. The van der Waals surface area contributed by atoms with Gasteiger partial charge < -0.3 is 19.4 Å². The summed E-state index contributed by atoms with van der Waals surface area (Å²) < 4.78 is 10.5. The predicted molar refractivity (Wildman–Crippen MR) is 139 cm³/mol. The van der Waals surface area contributed by atoms with Gasteiger partial charge in [-0.05, 0) is 67.2 Å². The van der Waals surface area contributed by atoms with Crippen LogP contribution in [0.3, 0.4) is 0 Å². The third kappa shape index (κ3) is 4.97. The number of nitrogens with zero attached hydrogens (tertiary/aromatic N) is 1. The molecule has 1 aliphatic heterocycles. The number of aromatic amines is 1. The molecule has 4 rings (SSSR count). The molecule has 6 heteroatoms. The van der Waals surface area contributed by atoms with Crippen molar-refractivity contribution < 1.29 is 19.1 Å². The molecule has 1 amide bonds. The number of rotatable bonds is 9. The Morgan fingerprint density at radius 3 is 2.69 bits per heavy atom. The molecule has 1 N–H and O–H groups in total. The quantitative estimate of drug-likeness (QED) is 0.410. The number of hydrogen-bond acceptors (Lipinski definition) is 4. The number of H-pyrrole nitrogens is 1. The van der Waals surface area contributed by atoms with E-state index in [2.05, 4.69) is 43.1 Å². The first-order chi connectivity index (χ1) is 17.0. The van der Waals surface area contributed by atoms with Crippen molar-refractivity contribution in [2.45, 2.75) is 39.5 Å². The number of ether oxygens (including phenoxy) is 2. The van der Waals surface area contributed by atoms with E-state index in [1.54, 1.807) is 19.2 Å². The molecule has 1 aromatic heterocycles. The van der Waals surface area contributed by atoms with Gasteiger partial charge >= 0.3 is 5.97 Å². The van der Waals surface area contributed by atoms with E-state index in [1.165, 1.54) is 12.7 Å². The lowest BCUT2D eigenvalue weighted by molar-refractivity contribution is -0.130. The van der Waals surface area contributed by atoms with Gasteiger partial charge in [-0.15, -0.1) is 0 Å². The van der Waals surface area contributed by atoms with E-state index in [1.807, 2.05) is 17.2 Å². The van der Waals surface area contributed by atoms with Crippen molar-refractivity contribution in [3.63, 3.8) is 0 Å². The van der Waals surface area contributed by atoms with Crippen LogP contribution in [0.4, 0.5) is 0 Å². The highest BCUT2D eigenvalue weighted by atomic mass is 16.5. The number of aromatic nitrogens is 1. The second-order valence-electron chi connectivity index (χ2n) is 9.03. The van der Waals surface area contributed by atoms with Gasteiger partial charge in [0, 0.05) is 47.2 Å². The number of methoxy groups -OCH3 is 2. The molecule has 6 nitrogen and oxygen atoms in total. The fourth-order valence-electron chi connectivity index (χ4n) is 5.01. The van der Waals surface area contributed by atoms with Gasteiger partial charge in [0.15, 0.2) is 0 Å². The van der Waals surface area contributed by atoms with Crippen LogP contribution in [0.2, 0.25) is 0 Å². The lowest BCUT2D eigenvalue weighted by atomic mass is 9.92. The van der Waals surface area contributed by atoms with Crippen LogP contribution in [0.1, 0.15) is 60.2 Å². The maximum absolute atomic E-state index is 12.8. The van der Waals surface area contributed by atoms with Crippen molar-refractivity contribution in [3.05, 3.63) is 70.9 Å². The van der Waals surface area contributed by atoms with E-state index in [4.69, 9.17) is 9.47 Å². The standard InChI is InChI=1S/C29H34N2O4/c1-5-7-22(23-10-9-21(29(33)35-4)17-27(23)34-3)25-18-30-26-11-8-19(16-24(25)26)15-20-12-14-31(13-6-2)28(20)32/h7-11,16-18,20,30H,5-6,12-15H2,1-4H3. The molecule has 2 heterocycles. The van der Waals surface area contributed by atoms with Crippen molar-refractivity contribution in [1.82, 2.24) is 9.88 Å². The Balaban J connectivity index is 1.70. The second-order valence-corrected chi connectivity index (χ2v) is 9.03. The minimum atomic E-state index is -0.397. The third-order valence-corrected chi connectivity index (χ3v) is 6.74. The smallest absolute Gasteiger partial charge is 0.337 e. The molecule has 1 fully saturated rings. The first kappa shape index (κ1) is 24.6. The molecule has 0 saturated carbocycles. The Hall–Kier alpha value is -3.54. The van der Waals surface area contributed by atoms with Crippen LogP contribution in [0.15, 0.2) is 48.7 Å². The Labute approximate surface area is 206 Å². The van der Waals surface area contributed by atoms with Gasteiger partial charge in [0.25, 0.3) is 0 Å². The summed E-state index contributed by atoms with van der Waals surface area (Å²) in [5, 5.41) is 1.11. The Morgan fingerprint density at radius 2 is 1.97 bits per heavy atom. The van der Waals surface area contributed by atoms with Crippen molar-refractivity contribution in [2.24, 2.45) is 5.92 Å². The molecule has 0 spiro atoms.